The number of piperazine rings is 1. The first kappa shape index (κ1) is 20.4. The van der Waals surface area contributed by atoms with Crippen LogP contribution in [0.15, 0.2) is 35.2 Å². The predicted octanol–water partition coefficient (Wildman–Crippen LogP) is 2.67. The van der Waals surface area contributed by atoms with E-state index in [0.29, 0.717) is 4.88 Å². The molecule has 1 aromatic carbocycles. The molecule has 1 aliphatic rings. The van der Waals surface area contributed by atoms with Gasteiger partial charge in [-0.05, 0) is 31.0 Å². The number of amides is 1. The number of hydrogen-bond donors (Lipinski definition) is 0. The van der Waals surface area contributed by atoms with Crippen LogP contribution in [0.2, 0.25) is 0 Å². The van der Waals surface area contributed by atoms with Crippen molar-refractivity contribution in [1.29, 1.82) is 0 Å². The molecule has 0 aliphatic carbocycles. The zero-order valence-electron chi connectivity index (χ0n) is 15.6. The number of carbonyl (C=O) groups excluding carboxylic acids is 1. The van der Waals surface area contributed by atoms with E-state index in [2.05, 4.69) is 0 Å². The number of rotatable bonds is 5. The lowest BCUT2D eigenvalue weighted by Crippen LogP contribution is -2.50. The topological polar surface area (TPSA) is 101 Å². The van der Waals surface area contributed by atoms with Gasteiger partial charge in [-0.15, -0.1) is 11.3 Å². The molecular formula is C18H21N3O5S2. The molecule has 1 saturated heterocycles. The second kappa shape index (κ2) is 7.98. The van der Waals surface area contributed by atoms with Crippen molar-refractivity contribution >= 4 is 33.0 Å². The van der Waals surface area contributed by atoms with Crippen LogP contribution < -0.4 is 0 Å². The third-order valence-corrected chi connectivity index (χ3v) is 7.84. The van der Waals surface area contributed by atoms with Crippen molar-refractivity contribution < 1.29 is 18.1 Å². The maximum absolute atomic E-state index is 12.9. The molecule has 0 saturated carbocycles. The molecule has 8 nitrogen and oxygen atoms in total. The number of para-hydroxylation sites is 1. The van der Waals surface area contributed by atoms with Crippen LogP contribution in [-0.4, -0.2) is 54.6 Å². The summed E-state index contributed by atoms with van der Waals surface area (Å²) < 4.78 is 26.9. The molecular weight excluding hydrogens is 402 g/mol. The van der Waals surface area contributed by atoms with Crippen LogP contribution >= 0.6 is 11.3 Å². The van der Waals surface area contributed by atoms with Crippen LogP contribution in [0.1, 0.15) is 27.0 Å². The molecule has 1 fully saturated rings. The summed E-state index contributed by atoms with van der Waals surface area (Å²) in [6, 6.07) is 7.22. The number of hydrogen-bond acceptors (Lipinski definition) is 6. The van der Waals surface area contributed by atoms with Crippen LogP contribution in [0.3, 0.4) is 0 Å². The van der Waals surface area contributed by atoms with E-state index in [9.17, 15) is 23.3 Å². The Kier molecular flexibility index (Phi) is 5.82. The van der Waals surface area contributed by atoms with Crippen molar-refractivity contribution in [1.82, 2.24) is 9.21 Å². The molecule has 1 aromatic heterocycles. The lowest BCUT2D eigenvalue weighted by atomic mass is 10.2. The van der Waals surface area contributed by atoms with E-state index in [-0.39, 0.29) is 37.0 Å². The first-order chi connectivity index (χ1) is 13.3. The molecule has 0 N–H and O–H groups in total. The van der Waals surface area contributed by atoms with Gasteiger partial charge in [-0.2, -0.15) is 4.31 Å². The minimum absolute atomic E-state index is 0.101. The first-order valence-corrected chi connectivity index (χ1v) is 11.1. The van der Waals surface area contributed by atoms with Crippen molar-refractivity contribution in [2.75, 3.05) is 26.2 Å². The highest BCUT2D eigenvalue weighted by atomic mass is 32.2. The van der Waals surface area contributed by atoms with Gasteiger partial charge >= 0.3 is 0 Å². The van der Waals surface area contributed by atoms with E-state index >= 15 is 0 Å². The summed E-state index contributed by atoms with van der Waals surface area (Å²) in [6.07, 6.45) is 0.859. The second-order valence-electron chi connectivity index (χ2n) is 6.47. The van der Waals surface area contributed by atoms with Crippen molar-refractivity contribution in [3.8, 4) is 0 Å². The summed E-state index contributed by atoms with van der Waals surface area (Å²) in [5, 5.41) is 11.2. The van der Waals surface area contributed by atoms with Gasteiger partial charge in [0.25, 0.3) is 11.6 Å². The third-order valence-electron chi connectivity index (χ3n) is 4.82. The Morgan fingerprint density at radius 3 is 2.43 bits per heavy atom. The third kappa shape index (κ3) is 3.80. The van der Waals surface area contributed by atoms with Crippen molar-refractivity contribution in [3.63, 3.8) is 0 Å². The molecule has 0 atom stereocenters. The molecule has 0 radical (unpaired) electrons. The number of thiophene rings is 1. The molecule has 0 spiro atoms. The Bertz CT molecular complexity index is 1010. The maximum atomic E-state index is 12.9. The summed E-state index contributed by atoms with van der Waals surface area (Å²) in [5.41, 5.74) is 0.702. The summed E-state index contributed by atoms with van der Waals surface area (Å²) in [7, 11) is -4.00. The van der Waals surface area contributed by atoms with E-state index in [4.69, 9.17) is 0 Å². The number of nitrogens with zero attached hydrogens (tertiary/aromatic N) is 3. The van der Waals surface area contributed by atoms with Crippen molar-refractivity contribution in [2.45, 2.75) is 25.2 Å². The summed E-state index contributed by atoms with van der Waals surface area (Å²) >= 11 is 1.45. The Hall–Kier alpha value is -2.30. The van der Waals surface area contributed by atoms with Crippen LogP contribution in [0.4, 0.5) is 5.69 Å². The highest BCUT2D eigenvalue weighted by Gasteiger charge is 2.34. The molecule has 2 heterocycles. The van der Waals surface area contributed by atoms with Crippen LogP contribution in [0.25, 0.3) is 0 Å². The Morgan fingerprint density at radius 1 is 1.21 bits per heavy atom. The van der Waals surface area contributed by atoms with E-state index in [1.807, 2.05) is 19.9 Å². The van der Waals surface area contributed by atoms with Crippen LogP contribution in [-0.2, 0) is 16.4 Å². The van der Waals surface area contributed by atoms with Gasteiger partial charge in [0.2, 0.25) is 10.0 Å². The highest BCUT2D eigenvalue weighted by Crippen LogP contribution is 2.28. The van der Waals surface area contributed by atoms with Gasteiger partial charge in [0.05, 0.1) is 9.80 Å². The normalized spacial score (nSPS) is 15.6. The minimum Gasteiger partial charge on any atom is -0.335 e. The van der Waals surface area contributed by atoms with Gasteiger partial charge in [-0.3, -0.25) is 14.9 Å². The lowest BCUT2D eigenvalue weighted by molar-refractivity contribution is -0.387. The first-order valence-electron chi connectivity index (χ1n) is 8.88. The molecule has 0 bridgehead atoms. The number of carbonyl (C=O) groups is 1. The van der Waals surface area contributed by atoms with Gasteiger partial charge in [-0.1, -0.05) is 19.1 Å². The number of benzene rings is 1. The van der Waals surface area contributed by atoms with Gasteiger partial charge in [0.15, 0.2) is 4.90 Å². The van der Waals surface area contributed by atoms with E-state index < -0.39 is 20.6 Å². The zero-order chi connectivity index (χ0) is 20.5. The Balaban J connectivity index is 1.74. The largest absolute Gasteiger partial charge is 0.335 e. The van der Waals surface area contributed by atoms with Crippen molar-refractivity contribution in [3.05, 3.63) is 55.8 Å². The fourth-order valence-corrected chi connectivity index (χ4v) is 5.89. The monoisotopic (exact) mass is 423 g/mol. The predicted molar refractivity (Wildman–Crippen MR) is 106 cm³/mol. The molecule has 10 heteroatoms. The summed E-state index contributed by atoms with van der Waals surface area (Å²) in [4.78, 5) is 26.3. The van der Waals surface area contributed by atoms with E-state index in [1.165, 1.54) is 39.9 Å². The van der Waals surface area contributed by atoms with Gasteiger partial charge in [0.1, 0.15) is 0 Å². The molecule has 1 aliphatic heterocycles. The quantitative estimate of drug-likeness (QED) is 0.544. The number of nitro benzene ring substituents is 1. The molecule has 2 aromatic rings. The minimum atomic E-state index is -4.00. The number of sulfonamides is 1. The molecule has 3 rings (SSSR count). The molecule has 1 amide bonds. The second-order valence-corrected chi connectivity index (χ2v) is 9.63. The molecule has 150 valence electrons. The fourth-order valence-electron chi connectivity index (χ4n) is 3.23. The lowest BCUT2D eigenvalue weighted by Gasteiger charge is -2.33. The Morgan fingerprint density at radius 2 is 1.86 bits per heavy atom. The molecule has 0 unspecified atom stereocenters. The van der Waals surface area contributed by atoms with Gasteiger partial charge in [0, 0.05) is 37.1 Å². The van der Waals surface area contributed by atoms with E-state index in [1.54, 1.807) is 4.90 Å². The highest BCUT2D eigenvalue weighted by molar-refractivity contribution is 7.89. The zero-order valence-corrected chi connectivity index (χ0v) is 17.3. The van der Waals surface area contributed by atoms with Gasteiger partial charge in [-0.25, -0.2) is 8.42 Å². The number of nitro groups is 1. The average Bonchev–Trinajstić information content (AvgIpc) is 3.08. The van der Waals surface area contributed by atoms with E-state index in [0.717, 1.165) is 16.9 Å². The fraction of sp³-hybridized carbons (Fsp3) is 0.389. The smallest absolute Gasteiger partial charge is 0.289 e. The summed E-state index contributed by atoms with van der Waals surface area (Å²) in [5.74, 6) is -0.101. The average molecular weight is 424 g/mol. The Labute approximate surface area is 167 Å². The summed E-state index contributed by atoms with van der Waals surface area (Å²) in [6.45, 7) is 4.72. The van der Waals surface area contributed by atoms with Crippen molar-refractivity contribution in [2.24, 2.45) is 0 Å². The van der Waals surface area contributed by atoms with Crippen LogP contribution in [0.5, 0.6) is 0 Å². The standard InChI is InChI=1S/C18H21N3O5S2/c1-3-14-12-16(27-13(14)2)18(22)19-8-10-20(11-9-19)28(25,26)17-7-5-4-6-15(17)21(23)24/h4-7,12H,3,8-11H2,1-2H3. The maximum Gasteiger partial charge on any atom is 0.289 e. The van der Waals surface area contributed by atoms with Gasteiger partial charge < -0.3 is 4.90 Å². The number of aryl methyl sites for hydroxylation is 2. The molecule has 28 heavy (non-hydrogen) atoms. The van der Waals surface area contributed by atoms with Crippen LogP contribution in [0, 0.1) is 17.0 Å². The SMILES string of the molecule is CCc1cc(C(=O)N2CCN(S(=O)(=O)c3ccccc3[N+](=O)[O-])CC2)sc1C.